The molecule has 10 heteroatoms. The van der Waals surface area contributed by atoms with E-state index in [9.17, 15) is 4.79 Å². The molecule has 0 aliphatic rings. The molecular weight excluding hydrogens is 432 g/mol. The lowest BCUT2D eigenvalue weighted by Crippen LogP contribution is -2.25. The molecule has 1 atom stereocenters. The molecule has 3 aromatic rings. The zero-order valence-corrected chi connectivity index (χ0v) is 17.2. The van der Waals surface area contributed by atoms with E-state index < -0.39 is 0 Å². The number of hydrogen-bond acceptors (Lipinski definition) is 3. The van der Waals surface area contributed by atoms with E-state index in [0.29, 0.717) is 39.0 Å². The molecule has 1 amide bonds. The molecule has 0 saturated carbocycles. The van der Waals surface area contributed by atoms with Gasteiger partial charge in [-0.25, -0.2) is 0 Å². The van der Waals surface area contributed by atoms with Crippen LogP contribution in [0.25, 0.3) is 0 Å². The Bertz CT molecular complexity index is 968. The van der Waals surface area contributed by atoms with Crippen LogP contribution >= 0.6 is 46.4 Å². The number of aromatic nitrogens is 4. The fourth-order valence-corrected chi connectivity index (χ4v) is 3.10. The van der Waals surface area contributed by atoms with Gasteiger partial charge in [0.25, 0.3) is 0 Å². The van der Waals surface area contributed by atoms with Gasteiger partial charge in [-0.15, -0.1) is 0 Å². The number of nitrogens with zero attached hydrogens (tertiary/aromatic N) is 4. The van der Waals surface area contributed by atoms with E-state index in [-0.39, 0.29) is 11.8 Å². The smallest absolute Gasteiger partial charge is 0.230 e. The van der Waals surface area contributed by atoms with E-state index in [1.165, 1.54) is 6.20 Å². The van der Waals surface area contributed by atoms with Crippen molar-refractivity contribution < 1.29 is 4.79 Å². The first kappa shape index (κ1) is 20.0. The number of benzene rings is 1. The lowest BCUT2D eigenvalue weighted by Gasteiger charge is -2.11. The number of hydrogen-bond donors (Lipinski definition) is 1. The summed E-state index contributed by atoms with van der Waals surface area (Å²) in [5.74, 6) is -0.271. The van der Waals surface area contributed by atoms with E-state index in [1.807, 2.05) is 6.07 Å². The molecule has 0 aliphatic carbocycles. The van der Waals surface area contributed by atoms with Gasteiger partial charge in [0.05, 0.1) is 40.3 Å². The van der Waals surface area contributed by atoms with Gasteiger partial charge < -0.3 is 5.32 Å². The minimum atomic E-state index is -0.350. The van der Waals surface area contributed by atoms with Crippen molar-refractivity contribution in [1.29, 1.82) is 0 Å². The predicted molar refractivity (Wildman–Crippen MR) is 108 cm³/mol. The molecule has 1 N–H and O–H groups in total. The first-order valence-corrected chi connectivity index (χ1v) is 9.48. The second-order valence-corrected chi connectivity index (χ2v) is 7.70. The van der Waals surface area contributed by atoms with Crippen LogP contribution in [-0.4, -0.2) is 25.5 Å². The number of amides is 1. The molecule has 0 fully saturated rings. The highest BCUT2D eigenvalue weighted by Gasteiger charge is 2.18. The molecule has 2 aromatic heterocycles. The summed E-state index contributed by atoms with van der Waals surface area (Å²) in [6.45, 7) is 2.61. The maximum absolute atomic E-state index is 12.4. The fourth-order valence-electron chi connectivity index (χ4n) is 2.43. The number of nitrogens with one attached hydrogen (secondary N) is 1. The second kappa shape index (κ2) is 8.52. The molecule has 1 unspecified atom stereocenters. The first-order valence-electron chi connectivity index (χ1n) is 7.97. The third-order valence-electron chi connectivity index (χ3n) is 3.80. The van der Waals surface area contributed by atoms with E-state index in [1.54, 1.807) is 40.8 Å². The van der Waals surface area contributed by atoms with E-state index >= 15 is 0 Å². The molecule has 0 aliphatic heterocycles. The molecule has 27 heavy (non-hydrogen) atoms. The predicted octanol–water partition coefficient (Wildman–Crippen LogP) is 5.02. The normalized spacial score (nSPS) is 12.2. The maximum atomic E-state index is 12.4. The number of carbonyl (C=O) groups is 1. The Hall–Kier alpha value is -1.73. The summed E-state index contributed by atoms with van der Waals surface area (Å²) in [6.07, 6.45) is 4.82. The summed E-state index contributed by atoms with van der Waals surface area (Å²) in [5, 5.41) is 12.9. The molecule has 142 valence electrons. The highest BCUT2D eigenvalue weighted by Crippen LogP contribution is 2.24. The highest BCUT2D eigenvalue weighted by molar-refractivity contribution is 6.42. The van der Waals surface area contributed by atoms with E-state index in [4.69, 9.17) is 46.4 Å². The molecular formula is C17H15Cl4N5O. The number of carbonyl (C=O) groups excluding carboxylic acids is 1. The fraction of sp³-hybridized carbons (Fsp3) is 0.235. The van der Waals surface area contributed by atoms with Crippen LogP contribution in [0.15, 0.2) is 36.8 Å². The van der Waals surface area contributed by atoms with Crippen molar-refractivity contribution in [3.8, 4) is 0 Å². The van der Waals surface area contributed by atoms with Crippen LogP contribution in [0.3, 0.4) is 0 Å². The van der Waals surface area contributed by atoms with Gasteiger partial charge in [0.15, 0.2) is 5.82 Å². The van der Waals surface area contributed by atoms with Crippen LogP contribution in [0.5, 0.6) is 0 Å². The van der Waals surface area contributed by atoms with Crippen molar-refractivity contribution in [2.24, 2.45) is 5.92 Å². The Balaban J connectivity index is 1.65. The van der Waals surface area contributed by atoms with Gasteiger partial charge >= 0.3 is 0 Å². The molecule has 6 nitrogen and oxygen atoms in total. The summed E-state index contributed by atoms with van der Waals surface area (Å²) in [5.41, 5.74) is 0.908. The van der Waals surface area contributed by atoms with Crippen molar-refractivity contribution >= 4 is 58.1 Å². The summed E-state index contributed by atoms with van der Waals surface area (Å²) in [7, 11) is 0. The van der Waals surface area contributed by atoms with Crippen molar-refractivity contribution in [2.45, 2.75) is 20.0 Å². The molecule has 0 bridgehead atoms. The Labute approximate surface area is 176 Å². The van der Waals surface area contributed by atoms with Crippen molar-refractivity contribution in [3.05, 3.63) is 62.4 Å². The molecule has 0 spiro atoms. The lowest BCUT2D eigenvalue weighted by molar-refractivity contribution is -0.119. The lowest BCUT2D eigenvalue weighted by atomic mass is 10.1. The van der Waals surface area contributed by atoms with Crippen LogP contribution in [-0.2, 0) is 17.9 Å². The number of rotatable bonds is 6. The summed E-state index contributed by atoms with van der Waals surface area (Å²) < 4.78 is 3.23. The molecule has 3 rings (SSSR count). The highest BCUT2D eigenvalue weighted by atomic mass is 35.5. The topological polar surface area (TPSA) is 64.7 Å². The Morgan fingerprint density at radius 3 is 2.56 bits per heavy atom. The van der Waals surface area contributed by atoms with Crippen molar-refractivity contribution in [1.82, 2.24) is 19.6 Å². The Morgan fingerprint density at radius 1 is 1.11 bits per heavy atom. The SMILES string of the molecule is CC(Cn1cc(Cl)cn1)C(=O)Nc1nn(Cc2ccc(Cl)c(Cl)c2)cc1Cl. The quantitative estimate of drug-likeness (QED) is 0.578. The molecule has 2 heterocycles. The van der Waals surface area contributed by atoms with Crippen LogP contribution in [0.4, 0.5) is 5.82 Å². The van der Waals surface area contributed by atoms with Crippen LogP contribution in [0, 0.1) is 5.92 Å². The number of halogens is 4. The molecule has 1 aromatic carbocycles. The van der Waals surface area contributed by atoms with Crippen molar-refractivity contribution in [3.63, 3.8) is 0 Å². The monoisotopic (exact) mass is 445 g/mol. The average Bonchev–Trinajstić information content (AvgIpc) is 3.16. The van der Waals surface area contributed by atoms with Gasteiger partial charge in [0.1, 0.15) is 5.02 Å². The first-order chi connectivity index (χ1) is 12.8. The zero-order valence-electron chi connectivity index (χ0n) is 14.2. The Morgan fingerprint density at radius 2 is 1.89 bits per heavy atom. The number of anilines is 1. The third-order valence-corrected chi connectivity index (χ3v) is 5.01. The van der Waals surface area contributed by atoms with Gasteiger partial charge in [-0.2, -0.15) is 10.2 Å². The van der Waals surface area contributed by atoms with Gasteiger partial charge in [0, 0.05) is 12.4 Å². The minimum Gasteiger partial charge on any atom is -0.308 e. The molecule has 0 saturated heterocycles. The van der Waals surface area contributed by atoms with Gasteiger partial charge in [-0.05, 0) is 17.7 Å². The summed E-state index contributed by atoms with van der Waals surface area (Å²) >= 11 is 24.0. The van der Waals surface area contributed by atoms with Gasteiger partial charge in [-0.1, -0.05) is 59.4 Å². The Kier molecular flexibility index (Phi) is 6.32. The summed E-state index contributed by atoms with van der Waals surface area (Å²) in [6, 6.07) is 5.32. The average molecular weight is 447 g/mol. The van der Waals surface area contributed by atoms with Crippen molar-refractivity contribution in [2.75, 3.05) is 5.32 Å². The van der Waals surface area contributed by atoms with Crippen LogP contribution in [0.2, 0.25) is 20.1 Å². The second-order valence-electron chi connectivity index (χ2n) is 6.04. The van der Waals surface area contributed by atoms with Crippen LogP contribution < -0.4 is 5.32 Å². The van der Waals surface area contributed by atoms with Gasteiger partial charge in [-0.3, -0.25) is 14.2 Å². The zero-order chi connectivity index (χ0) is 19.6. The van der Waals surface area contributed by atoms with Gasteiger partial charge in [0.2, 0.25) is 5.91 Å². The van der Waals surface area contributed by atoms with Crippen LogP contribution in [0.1, 0.15) is 12.5 Å². The van der Waals surface area contributed by atoms with E-state index in [2.05, 4.69) is 15.5 Å². The summed E-state index contributed by atoms with van der Waals surface area (Å²) in [4.78, 5) is 12.4. The standard InChI is InChI=1S/C17H15Cl4N5O/c1-10(6-25-8-12(18)5-22-25)17(27)23-16-15(21)9-26(24-16)7-11-2-3-13(19)14(20)4-11/h2-5,8-10H,6-7H2,1H3,(H,23,24,27). The minimum absolute atomic E-state index is 0.219. The maximum Gasteiger partial charge on any atom is 0.230 e. The third kappa shape index (κ3) is 5.17. The molecule has 0 radical (unpaired) electrons. The van der Waals surface area contributed by atoms with E-state index in [0.717, 1.165) is 5.56 Å². The largest absolute Gasteiger partial charge is 0.308 e.